The smallest absolute Gasteiger partial charge is 0.122 e. The first-order chi connectivity index (χ1) is 14.0. The molecule has 29 heavy (non-hydrogen) atoms. The lowest BCUT2D eigenvalue weighted by Gasteiger charge is -2.26. The van der Waals surface area contributed by atoms with Gasteiger partial charge in [-0.1, -0.05) is 24.1 Å². The van der Waals surface area contributed by atoms with E-state index < -0.39 is 12.2 Å². The normalized spacial score (nSPS) is 22.3. The molecule has 6 heteroatoms. The zero-order valence-electron chi connectivity index (χ0n) is 17.1. The highest BCUT2D eigenvalue weighted by Gasteiger charge is 2.20. The number of aliphatic hydroxyl groups excluding tert-OH is 2. The third-order valence-electron chi connectivity index (χ3n) is 5.37. The summed E-state index contributed by atoms with van der Waals surface area (Å²) in [6.45, 7) is 4.46. The summed E-state index contributed by atoms with van der Waals surface area (Å²) in [5, 5.41) is 21.4. The van der Waals surface area contributed by atoms with Crippen LogP contribution in [0.15, 0.2) is 36.4 Å². The molecule has 1 aromatic heterocycles. The van der Waals surface area contributed by atoms with Crippen molar-refractivity contribution >= 4 is 11.6 Å². The maximum atomic E-state index is 10.4. The number of fused-ring (bicyclic) bond motifs is 1. The standard InChI is InChI=1S/C23H31ClN2O3/c1-17-6-5-8-20(25-17)15-26-12-4-2-3-7-18-14-19(24)9-10-23(18)29-16-22(28)21(27)11-13-26/h5-6,8-10,14,21-22,27-28H,2-4,7,11-13,15-16H2,1H3/t21-,22+/m0/s1. The van der Waals surface area contributed by atoms with E-state index in [1.54, 1.807) is 6.07 Å². The Kier molecular flexibility index (Phi) is 8.30. The summed E-state index contributed by atoms with van der Waals surface area (Å²) < 4.78 is 5.81. The van der Waals surface area contributed by atoms with E-state index in [0.29, 0.717) is 18.0 Å². The van der Waals surface area contributed by atoms with Gasteiger partial charge in [0, 0.05) is 23.8 Å². The van der Waals surface area contributed by atoms with Crippen molar-refractivity contribution < 1.29 is 14.9 Å². The second kappa shape index (κ2) is 10.9. The molecule has 2 atom stereocenters. The SMILES string of the molecule is Cc1cccc(CN2CCCCCc3cc(Cl)ccc3OC[C@@H](O)[C@@H](O)CC2)n1. The molecule has 0 fully saturated rings. The van der Waals surface area contributed by atoms with Crippen molar-refractivity contribution in [2.45, 2.75) is 57.8 Å². The molecule has 0 aliphatic carbocycles. The quantitative estimate of drug-likeness (QED) is 0.777. The van der Waals surface area contributed by atoms with E-state index in [1.807, 2.05) is 37.3 Å². The number of hydrogen-bond donors (Lipinski definition) is 2. The summed E-state index contributed by atoms with van der Waals surface area (Å²) in [6, 6.07) is 11.6. The summed E-state index contributed by atoms with van der Waals surface area (Å²) in [4.78, 5) is 6.92. The fourth-order valence-corrected chi connectivity index (χ4v) is 3.89. The predicted molar refractivity (Wildman–Crippen MR) is 115 cm³/mol. The summed E-state index contributed by atoms with van der Waals surface area (Å²) >= 11 is 6.15. The molecule has 2 heterocycles. The lowest BCUT2D eigenvalue weighted by molar-refractivity contribution is -0.0163. The minimum absolute atomic E-state index is 0.0647. The number of hydrogen-bond acceptors (Lipinski definition) is 5. The largest absolute Gasteiger partial charge is 0.491 e. The minimum Gasteiger partial charge on any atom is -0.491 e. The molecular formula is C23H31ClN2O3. The van der Waals surface area contributed by atoms with Crippen molar-refractivity contribution in [2.75, 3.05) is 19.7 Å². The number of halogens is 1. The van der Waals surface area contributed by atoms with Crippen LogP contribution in [0.3, 0.4) is 0 Å². The van der Waals surface area contributed by atoms with Gasteiger partial charge in [-0.25, -0.2) is 0 Å². The lowest BCUT2D eigenvalue weighted by atomic mass is 10.0. The van der Waals surface area contributed by atoms with Crippen LogP contribution < -0.4 is 4.74 Å². The Morgan fingerprint density at radius 2 is 1.97 bits per heavy atom. The van der Waals surface area contributed by atoms with Crippen LogP contribution in [-0.4, -0.2) is 52.0 Å². The maximum absolute atomic E-state index is 10.4. The van der Waals surface area contributed by atoms with Gasteiger partial charge in [-0.2, -0.15) is 0 Å². The molecule has 0 amide bonds. The van der Waals surface area contributed by atoms with E-state index in [0.717, 1.165) is 61.5 Å². The molecule has 0 unspecified atom stereocenters. The van der Waals surface area contributed by atoms with Crippen LogP contribution >= 0.6 is 11.6 Å². The second-order valence-electron chi connectivity index (χ2n) is 7.84. The van der Waals surface area contributed by atoms with Crippen LogP contribution in [0.4, 0.5) is 0 Å². The monoisotopic (exact) mass is 418 g/mol. The predicted octanol–water partition coefficient (Wildman–Crippen LogP) is 3.76. The molecule has 0 saturated carbocycles. The first-order valence-electron chi connectivity index (χ1n) is 10.4. The highest BCUT2D eigenvalue weighted by molar-refractivity contribution is 6.30. The van der Waals surface area contributed by atoms with Gasteiger partial charge in [0.05, 0.1) is 11.8 Å². The molecule has 0 radical (unpaired) electrons. The molecule has 1 aliphatic heterocycles. The number of ether oxygens (including phenoxy) is 1. The average molecular weight is 419 g/mol. The molecule has 2 N–H and O–H groups in total. The topological polar surface area (TPSA) is 65.8 Å². The molecule has 3 rings (SSSR count). The van der Waals surface area contributed by atoms with Gasteiger partial charge in [-0.15, -0.1) is 0 Å². The Morgan fingerprint density at radius 1 is 1.10 bits per heavy atom. The van der Waals surface area contributed by atoms with Gasteiger partial charge in [0.2, 0.25) is 0 Å². The Bertz CT molecular complexity index is 786. The highest BCUT2D eigenvalue weighted by atomic mass is 35.5. The summed E-state index contributed by atoms with van der Waals surface area (Å²) in [5.41, 5.74) is 3.10. The van der Waals surface area contributed by atoms with Crippen LogP contribution in [0.2, 0.25) is 5.02 Å². The zero-order valence-corrected chi connectivity index (χ0v) is 17.8. The molecule has 0 saturated heterocycles. The van der Waals surface area contributed by atoms with E-state index in [-0.39, 0.29) is 6.61 Å². The van der Waals surface area contributed by atoms with Crippen molar-refractivity contribution in [3.63, 3.8) is 0 Å². The first-order valence-corrected chi connectivity index (χ1v) is 10.8. The third kappa shape index (κ3) is 6.96. The number of rotatable bonds is 2. The molecule has 5 nitrogen and oxygen atoms in total. The minimum atomic E-state index is -0.930. The van der Waals surface area contributed by atoms with Gasteiger partial charge in [-0.05, 0) is 75.0 Å². The number of aliphatic hydroxyl groups is 2. The van der Waals surface area contributed by atoms with Crippen molar-refractivity contribution in [3.8, 4) is 5.75 Å². The summed E-state index contributed by atoms with van der Waals surface area (Å²) in [6.07, 6.45) is 2.84. The van der Waals surface area contributed by atoms with Crippen LogP contribution in [0.25, 0.3) is 0 Å². The first kappa shape index (κ1) is 22.0. The van der Waals surface area contributed by atoms with E-state index in [4.69, 9.17) is 16.3 Å². The van der Waals surface area contributed by atoms with E-state index in [1.165, 1.54) is 0 Å². The maximum Gasteiger partial charge on any atom is 0.122 e. The average Bonchev–Trinajstić information content (AvgIpc) is 2.69. The van der Waals surface area contributed by atoms with Crippen molar-refractivity contribution in [1.29, 1.82) is 0 Å². The molecule has 0 bridgehead atoms. The van der Waals surface area contributed by atoms with Crippen LogP contribution in [0, 0.1) is 6.92 Å². The van der Waals surface area contributed by atoms with Gasteiger partial charge < -0.3 is 14.9 Å². The van der Waals surface area contributed by atoms with Gasteiger partial charge in [0.15, 0.2) is 0 Å². The van der Waals surface area contributed by atoms with E-state index in [2.05, 4.69) is 9.88 Å². The molecule has 2 aromatic rings. The Morgan fingerprint density at radius 3 is 2.79 bits per heavy atom. The summed E-state index contributed by atoms with van der Waals surface area (Å²) in [5.74, 6) is 0.741. The lowest BCUT2D eigenvalue weighted by Crippen LogP contribution is -2.36. The fourth-order valence-electron chi connectivity index (χ4n) is 3.69. The number of nitrogens with zero attached hydrogens (tertiary/aromatic N) is 2. The van der Waals surface area contributed by atoms with Crippen molar-refractivity contribution in [2.24, 2.45) is 0 Å². The van der Waals surface area contributed by atoms with Gasteiger partial charge in [0.25, 0.3) is 0 Å². The van der Waals surface area contributed by atoms with Gasteiger partial charge >= 0.3 is 0 Å². The number of benzene rings is 1. The van der Waals surface area contributed by atoms with Crippen molar-refractivity contribution in [3.05, 3.63) is 58.4 Å². The van der Waals surface area contributed by atoms with Crippen LogP contribution in [0.5, 0.6) is 5.75 Å². The Balaban J connectivity index is 1.67. The van der Waals surface area contributed by atoms with Gasteiger partial charge in [0.1, 0.15) is 18.5 Å². The van der Waals surface area contributed by atoms with E-state index >= 15 is 0 Å². The second-order valence-corrected chi connectivity index (χ2v) is 8.28. The number of aryl methyl sites for hydroxylation is 2. The molecule has 0 spiro atoms. The zero-order chi connectivity index (χ0) is 20.6. The molecular weight excluding hydrogens is 388 g/mol. The Labute approximate surface area is 178 Å². The molecule has 158 valence electrons. The van der Waals surface area contributed by atoms with Crippen LogP contribution in [-0.2, 0) is 13.0 Å². The summed E-state index contributed by atoms with van der Waals surface area (Å²) in [7, 11) is 0. The van der Waals surface area contributed by atoms with E-state index in [9.17, 15) is 10.2 Å². The number of pyridine rings is 1. The van der Waals surface area contributed by atoms with Crippen LogP contribution in [0.1, 0.15) is 42.6 Å². The van der Waals surface area contributed by atoms with Gasteiger partial charge in [-0.3, -0.25) is 9.88 Å². The third-order valence-corrected chi connectivity index (χ3v) is 5.60. The highest BCUT2D eigenvalue weighted by Crippen LogP contribution is 2.25. The fraction of sp³-hybridized carbons (Fsp3) is 0.522. The molecule has 1 aromatic carbocycles. The number of aromatic nitrogens is 1. The molecule has 1 aliphatic rings. The Hall–Kier alpha value is -1.66. The van der Waals surface area contributed by atoms with Crippen molar-refractivity contribution in [1.82, 2.24) is 9.88 Å².